The fraction of sp³-hybridized carbons (Fsp3) is 0.412. The highest BCUT2D eigenvalue weighted by Crippen LogP contribution is 2.39. The van der Waals surface area contributed by atoms with E-state index in [0.717, 1.165) is 17.4 Å². The van der Waals surface area contributed by atoms with Crippen LogP contribution in [0.1, 0.15) is 23.6 Å². The number of methoxy groups -OCH3 is 2. The van der Waals surface area contributed by atoms with Gasteiger partial charge < -0.3 is 23.9 Å². The summed E-state index contributed by atoms with van der Waals surface area (Å²) in [6.07, 6.45) is 2.74. The molecule has 0 N–H and O–H groups in total. The summed E-state index contributed by atoms with van der Waals surface area (Å²) in [5, 5.41) is 0. The summed E-state index contributed by atoms with van der Waals surface area (Å²) >= 11 is 0. The summed E-state index contributed by atoms with van der Waals surface area (Å²) in [4.78, 5) is 24.9. The molecule has 0 unspecified atom stereocenters. The molecule has 1 atom stereocenters. The third kappa shape index (κ3) is 3.47. The average Bonchev–Trinajstić information content (AvgIpc) is 2.58. The highest BCUT2D eigenvalue weighted by Gasteiger charge is 2.32. The van der Waals surface area contributed by atoms with Crippen LogP contribution < -0.4 is 9.47 Å². The first kappa shape index (κ1) is 16.9. The second-order valence-corrected chi connectivity index (χ2v) is 5.13. The SMILES string of the molecule is C=CCOC(=O)N1CCc2cc(OC)c(OC)cc2[C@@H]1CC=O. The van der Waals surface area contributed by atoms with Gasteiger partial charge in [0.05, 0.1) is 20.3 Å². The smallest absolute Gasteiger partial charge is 0.410 e. The number of amides is 1. The van der Waals surface area contributed by atoms with Crippen molar-refractivity contribution in [1.29, 1.82) is 0 Å². The predicted molar refractivity (Wildman–Crippen MR) is 84.9 cm³/mol. The van der Waals surface area contributed by atoms with Crippen molar-refractivity contribution in [1.82, 2.24) is 4.90 Å². The van der Waals surface area contributed by atoms with Crippen LogP contribution in [0.5, 0.6) is 11.5 Å². The van der Waals surface area contributed by atoms with Crippen molar-refractivity contribution in [3.63, 3.8) is 0 Å². The molecule has 0 saturated carbocycles. The molecule has 2 rings (SSSR count). The van der Waals surface area contributed by atoms with Gasteiger partial charge in [-0.3, -0.25) is 0 Å². The van der Waals surface area contributed by atoms with Gasteiger partial charge in [-0.15, -0.1) is 0 Å². The molecule has 124 valence electrons. The second kappa shape index (κ2) is 7.67. The average molecular weight is 319 g/mol. The Bertz CT molecular complexity index is 599. The molecule has 6 nitrogen and oxygen atoms in total. The van der Waals surface area contributed by atoms with Crippen LogP contribution in [-0.4, -0.2) is 44.7 Å². The van der Waals surface area contributed by atoms with E-state index in [0.29, 0.717) is 24.5 Å². The van der Waals surface area contributed by atoms with E-state index in [1.54, 1.807) is 19.1 Å². The topological polar surface area (TPSA) is 65.1 Å². The first-order valence-electron chi connectivity index (χ1n) is 7.39. The predicted octanol–water partition coefficient (Wildman–Crippen LogP) is 2.51. The van der Waals surface area contributed by atoms with Crippen LogP contribution in [0.4, 0.5) is 4.79 Å². The van der Waals surface area contributed by atoms with Crippen molar-refractivity contribution in [2.24, 2.45) is 0 Å². The van der Waals surface area contributed by atoms with E-state index < -0.39 is 6.09 Å². The Kier molecular flexibility index (Phi) is 5.62. The number of ether oxygens (including phenoxy) is 3. The van der Waals surface area contributed by atoms with Crippen LogP contribution in [0.3, 0.4) is 0 Å². The zero-order valence-electron chi connectivity index (χ0n) is 13.4. The van der Waals surface area contributed by atoms with E-state index in [4.69, 9.17) is 14.2 Å². The monoisotopic (exact) mass is 319 g/mol. The normalized spacial score (nSPS) is 16.3. The zero-order chi connectivity index (χ0) is 16.8. The lowest BCUT2D eigenvalue weighted by Gasteiger charge is -2.36. The summed E-state index contributed by atoms with van der Waals surface area (Å²) in [7, 11) is 3.13. The lowest BCUT2D eigenvalue weighted by atomic mass is 9.90. The van der Waals surface area contributed by atoms with Gasteiger partial charge in [-0.05, 0) is 29.7 Å². The number of rotatable bonds is 6. The molecule has 1 aliphatic heterocycles. The summed E-state index contributed by atoms with van der Waals surface area (Å²) in [6, 6.07) is 3.36. The first-order valence-corrected chi connectivity index (χ1v) is 7.39. The van der Waals surface area contributed by atoms with Gasteiger partial charge >= 0.3 is 6.09 Å². The molecule has 6 heteroatoms. The standard InChI is InChI=1S/C17H21NO5/c1-4-9-23-17(20)18-7-5-12-10-15(21-2)16(22-3)11-13(12)14(18)6-8-19/h4,8,10-11,14H,1,5-7,9H2,2-3H3/t14-/m0/s1. The molecule has 0 bridgehead atoms. The van der Waals surface area contributed by atoms with Crippen molar-refractivity contribution in [3.05, 3.63) is 35.9 Å². The molecule has 1 heterocycles. The van der Waals surface area contributed by atoms with Gasteiger partial charge in [0, 0.05) is 13.0 Å². The van der Waals surface area contributed by atoms with Crippen molar-refractivity contribution in [2.45, 2.75) is 18.9 Å². The minimum Gasteiger partial charge on any atom is -0.493 e. The number of nitrogens with zero attached hydrogens (tertiary/aromatic N) is 1. The van der Waals surface area contributed by atoms with Crippen molar-refractivity contribution < 1.29 is 23.8 Å². The van der Waals surface area contributed by atoms with Crippen LogP contribution in [0.25, 0.3) is 0 Å². The van der Waals surface area contributed by atoms with Gasteiger partial charge in [0.2, 0.25) is 0 Å². The number of aldehydes is 1. The fourth-order valence-electron chi connectivity index (χ4n) is 2.81. The van der Waals surface area contributed by atoms with Gasteiger partial charge in [-0.1, -0.05) is 12.7 Å². The van der Waals surface area contributed by atoms with Gasteiger partial charge in [-0.2, -0.15) is 0 Å². The van der Waals surface area contributed by atoms with E-state index in [2.05, 4.69) is 6.58 Å². The summed E-state index contributed by atoms with van der Waals surface area (Å²) < 4.78 is 15.8. The quantitative estimate of drug-likeness (QED) is 0.595. The molecule has 23 heavy (non-hydrogen) atoms. The van der Waals surface area contributed by atoms with Gasteiger partial charge in [0.15, 0.2) is 11.5 Å². The minimum absolute atomic E-state index is 0.141. The van der Waals surface area contributed by atoms with E-state index in [1.165, 1.54) is 6.08 Å². The van der Waals surface area contributed by atoms with Crippen LogP contribution >= 0.6 is 0 Å². The first-order chi connectivity index (χ1) is 11.2. The Morgan fingerprint density at radius 2 is 2.04 bits per heavy atom. The Morgan fingerprint density at radius 3 is 2.65 bits per heavy atom. The third-order valence-corrected chi connectivity index (χ3v) is 3.88. The third-order valence-electron chi connectivity index (χ3n) is 3.88. The molecule has 0 aliphatic carbocycles. The molecule has 0 saturated heterocycles. The molecule has 1 amide bonds. The molecular formula is C17H21NO5. The maximum Gasteiger partial charge on any atom is 0.410 e. The number of benzene rings is 1. The van der Waals surface area contributed by atoms with E-state index in [1.807, 2.05) is 12.1 Å². The van der Waals surface area contributed by atoms with E-state index in [-0.39, 0.29) is 19.1 Å². The highest BCUT2D eigenvalue weighted by molar-refractivity contribution is 5.70. The molecule has 1 aromatic carbocycles. The van der Waals surface area contributed by atoms with Crippen LogP contribution in [0, 0.1) is 0 Å². The Hall–Kier alpha value is -2.50. The van der Waals surface area contributed by atoms with Crippen molar-refractivity contribution in [3.8, 4) is 11.5 Å². The molecule has 1 aliphatic rings. The largest absolute Gasteiger partial charge is 0.493 e. The lowest BCUT2D eigenvalue weighted by Crippen LogP contribution is -2.40. The molecule has 0 radical (unpaired) electrons. The lowest BCUT2D eigenvalue weighted by molar-refractivity contribution is -0.108. The van der Waals surface area contributed by atoms with E-state index >= 15 is 0 Å². The second-order valence-electron chi connectivity index (χ2n) is 5.13. The molecular weight excluding hydrogens is 298 g/mol. The number of carbonyl (C=O) groups excluding carboxylic acids is 2. The molecule has 0 fully saturated rings. The Labute approximate surface area is 135 Å². The maximum absolute atomic E-state index is 12.2. The Balaban J connectivity index is 2.38. The zero-order valence-corrected chi connectivity index (χ0v) is 13.4. The van der Waals surface area contributed by atoms with Gasteiger partial charge in [0.1, 0.15) is 12.9 Å². The number of fused-ring (bicyclic) bond motifs is 1. The van der Waals surface area contributed by atoms with Crippen molar-refractivity contribution in [2.75, 3.05) is 27.4 Å². The molecule has 0 aromatic heterocycles. The van der Waals surface area contributed by atoms with E-state index in [9.17, 15) is 9.59 Å². The number of carbonyl (C=O) groups is 2. The summed E-state index contributed by atoms with van der Waals surface area (Å²) in [5.74, 6) is 1.21. The highest BCUT2D eigenvalue weighted by atomic mass is 16.6. The number of hydrogen-bond acceptors (Lipinski definition) is 5. The number of hydrogen-bond donors (Lipinski definition) is 0. The van der Waals surface area contributed by atoms with Crippen LogP contribution in [0.2, 0.25) is 0 Å². The molecule has 1 aromatic rings. The molecule has 0 spiro atoms. The van der Waals surface area contributed by atoms with Crippen LogP contribution in [-0.2, 0) is 16.0 Å². The summed E-state index contributed by atoms with van der Waals surface area (Å²) in [6.45, 7) is 4.15. The summed E-state index contributed by atoms with van der Waals surface area (Å²) in [5.41, 5.74) is 1.93. The van der Waals surface area contributed by atoms with Crippen LogP contribution in [0.15, 0.2) is 24.8 Å². The maximum atomic E-state index is 12.2. The van der Waals surface area contributed by atoms with Gasteiger partial charge in [0.25, 0.3) is 0 Å². The minimum atomic E-state index is -0.447. The van der Waals surface area contributed by atoms with Crippen molar-refractivity contribution >= 4 is 12.4 Å². The van der Waals surface area contributed by atoms with Gasteiger partial charge in [-0.25, -0.2) is 4.79 Å². The fourth-order valence-corrected chi connectivity index (χ4v) is 2.81. The Morgan fingerprint density at radius 1 is 1.35 bits per heavy atom.